The summed E-state index contributed by atoms with van der Waals surface area (Å²) in [7, 11) is 0. The number of amides is 1. The Labute approximate surface area is 129 Å². The summed E-state index contributed by atoms with van der Waals surface area (Å²) < 4.78 is 6.36. The highest BCUT2D eigenvalue weighted by Crippen LogP contribution is 2.27. The van der Waals surface area contributed by atoms with Gasteiger partial charge in [-0.25, -0.2) is 4.98 Å². The molecular formula is C14H13BrN2O2S. The molecule has 104 valence electrons. The maximum absolute atomic E-state index is 11.9. The molecule has 1 aliphatic rings. The molecule has 1 fully saturated rings. The van der Waals surface area contributed by atoms with Crippen molar-refractivity contribution in [1.29, 1.82) is 0 Å². The van der Waals surface area contributed by atoms with E-state index in [9.17, 15) is 4.79 Å². The molecule has 0 aliphatic carbocycles. The van der Waals surface area contributed by atoms with Gasteiger partial charge in [0.05, 0.1) is 5.69 Å². The molecule has 1 aromatic carbocycles. The number of rotatable bonds is 3. The second kappa shape index (κ2) is 6.03. The molecule has 0 radical (unpaired) electrons. The van der Waals surface area contributed by atoms with Crippen LogP contribution in [-0.2, 0) is 9.53 Å². The number of nitrogens with one attached hydrogen (secondary N) is 1. The van der Waals surface area contributed by atoms with Gasteiger partial charge >= 0.3 is 0 Å². The number of hydrogen-bond donors (Lipinski definition) is 1. The van der Waals surface area contributed by atoms with Crippen molar-refractivity contribution in [2.45, 2.75) is 18.9 Å². The fraction of sp³-hybridized carbons (Fsp3) is 0.286. The Morgan fingerprint density at radius 1 is 1.50 bits per heavy atom. The Kier molecular flexibility index (Phi) is 4.14. The molecule has 0 bridgehead atoms. The van der Waals surface area contributed by atoms with Gasteiger partial charge in [0.25, 0.3) is 5.91 Å². The molecule has 1 unspecified atom stereocenters. The summed E-state index contributed by atoms with van der Waals surface area (Å²) in [6.45, 7) is 0.666. The normalized spacial score (nSPS) is 18.1. The van der Waals surface area contributed by atoms with Gasteiger partial charge in [-0.2, -0.15) is 0 Å². The van der Waals surface area contributed by atoms with E-state index >= 15 is 0 Å². The Morgan fingerprint density at radius 3 is 3.15 bits per heavy atom. The minimum absolute atomic E-state index is 0.0994. The lowest BCUT2D eigenvalue weighted by atomic mass is 10.2. The van der Waals surface area contributed by atoms with E-state index in [2.05, 4.69) is 26.2 Å². The number of carbonyl (C=O) groups excluding carboxylic acids is 1. The first-order valence-corrected chi connectivity index (χ1v) is 8.03. The summed E-state index contributed by atoms with van der Waals surface area (Å²) >= 11 is 4.86. The SMILES string of the molecule is O=C(Nc1nc(-c2cccc(Br)c2)cs1)C1CCCO1. The van der Waals surface area contributed by atoms with Crippen LogP contribution in [0.3, 0.4) is 0 Å². The van der Waals surface area contributed by atoms with E-state index in [0.717, 1.165) is 28.6 Å². The second-order valence-electron chi connectivity index (χ2n) is 4.54. The number of anilines is 1. The fourth-order valence-electron chi connectivity index (χ4n) is 2.08. The summed E-state index contributed by atoms with van der Waals surface area (Å²) in [5.74, 6) is -0.0994. The number of thiazole rings is 1. The van der Waals surface area contributed by atoms with Crippen LogP contribution in [0.25, 0.3) is 11.3 Å². The molecule has 1 aromatic heterocycles. The van der Waals surface area contributed by atoms with E-state index in [0.29, 0.717) is 11.7 Å². The average molecular weight is 353 g/mol. The molecule has 0 spiro atoms. The number of hydrogen-bond acceptors (Lipinski definition) is 4. The summed E-state index contributed by atoms with van der Waals surface area (Å²) in [6, 6.07) is 7.92. The lowest BCUT2D eigenvalue weighted by Crippen LogP contribution is -2.26. The summed E-state index contributed by atoms with van der Waals surface area (Å²) in [4.78, 5) is 16.4. The molecule has 1 atom stereocenters. The molecule has 3 rings (SSSR count). The van der Waals surface area contributed by atoms with Crippen LogP contribution in [0.5, 0.6) is 0 Å². The molecular weight excluding hydrogens is 340 g/mol. The van der Waals surface area contributed by atoms with Crippen molar-refractivity contribution in [3.05, 3.63) is 34.1 Å². The van der Waals surface area contributed by atoms with Crippen molar-refractivity contribution >= 4 is 38.3 Å². The molecule has 1 N–H and O–H groups in total. The second-order valence-corrected chi connectivity index (χ2v) is 6.31. The van der Waals surface area contributed by atoms with E-state index in [4.69, 9.17) is 4.74 Å². The van der Waals surface area contributed by atoms with Crippen LogP contribution >= 0.6 is 27.3 Å². The van der Waals surface area contributed by atoms with Gasteiger partial charge < -0.3 is 4.74 Å². The van der Waals surface area contributed by atoms with Gasteiger partial charge in [0.2, 0.25) is 0 Å². The highest BCUT2D eigenvalue weighted by molar-refractivity contribution is 9.10. The monoisotopic (exact) mass is 352 g/mol. The van der Waals surface area contributed by atoms with E-state index in [-0.39, 0.29) is 12.0 Å². The average Bonchev–Trinajstić information content (AvgIpc) is 3.10. The smallest absolute Gasteiger partial charge is 0.255 e. The van der Waals surface area contributed by atoms with Gasteiger partial charge in [-0.1, -0.05) is 28.1 Å². The number of halogens is 1. The van der Waals surface area contributed by atoms with Gasteiger partial charge in [0.1, 0.15) is 6.10 Å². The largest absolute Gasteiger partial charge is 0.368 e. The standard InChI is InChI=1S/C14H13BrN2O2S/c15-10-4-1-3-9(7-10)11-8-20-14(16-11)17-13(18)12-5-2-6-19-12/h1,3-4,7-8,12H,2,5-6H2,(H,16,17,18). The van der Waals surface area contributed by atoms with Gasteiger partial charge in [-0.3, -0.25) is 10.1 Å². The first-order chi connectivity index (χ1) is 9.72. The van der Waals surface area contributed by atoms with E-state index in [1.165, 1.54) is 11.3 Å². The number of benzene rings is 1. The van der Waals surface area contributed by atoms with Gasteiger partial charge in [-0.05, 0) is 25.0 Å². The maximum atomic E-state index is 11.9. The molecule has 1 amide bonds. The van der Waals surface area contributed by atoms with Gasteiger partial charge in [0.15, 0.2) is 5.13 Å². The zero-order valence-electron chi connectivity index (χ0n) is 10.6. The highest BCUT2D eigenvalue weighted by Gasteiger charge is 2.24. The van der Waals surface area contributed by atoms with Crippen LogP contribution in [0.15, 0.2) is 34.1 Å². The lowest BCUT2D eigenvalue weighted by molar-refractivity contribution is -0.124. The Balaban J connectivity index is 1.72. The first kappa shape index (κ1) is 13.7. The van der Waals surface area contributed by atoms with Crippen molar-refractivity contribution in [2.24, 2.45) is 0 Å². The third kappa shape index (κ3) is 3.08. The predicted molar refractivity (Wildman–Crippen MR) is 82.9 cm³/mol. The van der Waals surface area contributed by atoms with Gasteiger partial charge in [-0.15, -0.1) is 11.3 Å². The molecule has 20 heavy (non-hydrogen) atoms. The summed E-state index contributed by atoms with van der Waals surface area (Å²) in [5, 5.41) is 5.37. The molecule has 2 heterocycles. The van der Waals surface area contributed by atoms with Crippen molar-refractivity contribution in [2.75, 3.05) is 11.9 Å². The lowest BCUT2D eigenvalue weighted by Gasteiger charge is -2.07. The Bertz CT molecular complexity index is 623. The summed E-state index contributed by atoms with van der Waals surface area (Å²) in [6.07, 6.45) is 1.41. The number of ether oxygens (including phenoxy) is 1. The van der Waals surface area contributed by atoms with Crippen molar-refractivity contribution < 1.29 is 9.53 Å². The molecule has 2 aromatic rings. The minimum Gasteiger partial charge on any atom is -0.368 e. The molecule has 6 heteroatoms. The van der Waals surface area contributed by atoms with Crippen LogP contribution in [0, 0.1) is 0 Å². The molecule has 4 nitrogen and oxygen atoms in total. The van der Waals surface area contributed by atoms with Crippen LogP contribution in [0.2, 0.25) is 0 Å². The van der Waals surface area contributed by atoms with Crippen LogP contribution < -0.4 is 5.32 Å². The van der Waals surface area contributed by atoms with Crippen LogP contribution in [-0.4, -0.2) is 23.6 Å². The Morgan fingerprint density at radius 2 is 2.40 bits per heavy atom. The summed E-state index contributed by atoms with van der Waals surface area (Å²) in [5.41, 5.74) is 1.88. The number of nitrogens with zero attached hydrogens (tertiary/aromatic N) is 1. The fourth-order valence-corrected chi connectivity index (χ4v) is 3.20. The molecule has 1 aliphatic heterocycles. The third-order valence-corrected chi connectivity index (χ3v) is 4.33. The first-order valence-electron chi connectivity index (χ1n) is 6.36. The third-order valence-electron chi connectivity index (χ3n) is 3.08. The highest BCUT2D eigenvalue weighted by atomic mass is 79.9. The topological polar surface area (TPSA) is 51.2 Å². The molecule has 1 saturated heterocycles. The van der Waals surface area contributed by atoms with Gasteiger partial charge in [0, 0.05) is 22.0 Å². The van der Waals surface area contributed by atoms with Crippen molar-refractivity contribution in [3.8, 4) is 11.3 Å². The number of aromatic nitrogens is 1. The van der Waals surface area contributed by atoms with Crippen LogP contribution in [0.4, 0.5) is 5.13 Å². The zero-order valence-corrected chi connectivity index (χ0v) is 13.0. The maximum Gasteiger partial charge on any atom is 0.255 e. The van der Waals surface area contributed by atoms with Crippen LogP contribution in [0.1, 0.15) is 12.8 Å². The van der Waals surface area contributed by atoms with E-state index in [1.807, 2.05) is 29.6 Å². The van der Waals surface area contributed by atoms with E-state index < -0.39 is 0 Å². The quantitative estimate of drug-likeness (QED) is 0.916. The predicted octanol–water partition coefficient (Wildman–Crippen LogP) is 3.69. The zero-order chi connectivity index (χ0) is 13.9. The van der Waals surface area contributed by atoms with Crippen molar-refractivity contribution in [3.63, 3.8) is 0 Å². The number of carbonyl (C=O) groups is 1. The molecule has 0 saturated carbocycles. The Hall–Kier alpha value is -1.24. The van der Waals surface area contributed by atoms with Crippen molar-refractivity contribution in [1.82, 2.24) is 4.98 Å². The minimum atomic E-state index is -0.326. The van der Waals surface area contributed by atoms with E-state index in [1.54, 1.807) is 0 Å².